The van der Waals surface area contributed by atoms with Crippen molar-refractivity contribution in [3.05, 3.63) is 0 Å². The predicted octanol–water partition coefficient (Wildman–Crippen LogP) is 1.51. The van der Waals surface area contributed by atoms with E-state index in [4.69, 9.17) is 4.74 Å². The van der Waals surface area contributed by atoms with Crippen LogP contribution in [-0.2, 0) is 9.53 Å². The fourth-order valence-electron chi connectivity index (χ4n) is 2.58. The minimum Gasteiger partial charge on any atom is -0.370 e. The highest BCUT2D eigenvalue weighted by Crippen LogP contribution is 2.20. The van der Waals surface area contributed by atoms with Gasteiger partial charge in [0.25, 0.3) is 0 Å². The molecule has 1 N–H and O–H groups in total. The van der Waals surface area contributed by atoms with Crippen LogP contribution in [-0.4, -0.2) is 31.1 Å². The zero-order valence-electron chi connectivity index (χ0n) is 9.50. The molecule has 2 heterocycles. The van der Waals surface area contributed by atoms with Gasteiger partial charge in [-0.2, -0.15) is 0 Å². The minimum atomic E-state index is -0.0935. The second kappa shape index (κ2) is 5.08. The lowest BCUT2D eigenvalue weighted by Crippen LogP contribution is -2.40. The summed E-state index contributed by atoms with van der Waals surface area (Å²) in [5, 5.41) is 3.43. The molecule has 0 spiro atoms. The molecule has 0 bridgehead atoms. The highest BCUT2D eigenvalue weighted by Gasteiger charge is 2.27. The number of hydrogen-bond donors (Lipinski definition) is 1. The van der Waals surface area contributed by atoms with Gasteiger partial charge < -0.3 is 10.1 Å². The predicted molar refractivity (Wildman–Crippen MR) is 58.8 cm³/mol. The number of Topliss-reactive ketones (excluding diaryl/α,β-unsaturated/α-hetero) is 1. The van der Waals surface area contributed by atoms with Gasteiger partial charge >= 0.3 is 0 Å². The highest BCUT2D eigenvalue weighted by atomic mass is 16.5. The Morgan fingerprint density at radius 3 is 3.00 bits per heavy atom. The summed E-state index contributed by atoms with van der Waals surface area (Å²) in [6.07, 6.45) is 4.92. The summed E-state index contributed by atoms with van der Waals surface area (Å²) in [6.45, 7) is 4.10. The average molecular weight is 211 g/mol. The zero-order valence-corrected chi connectivity index (χ0v) is 9.50. The Bertz CT molecular complexity index is 224. The molecular formula is C12H21NO2. The first-order valence-corrected chi connectivity index (χ1v) is 6.13. The first kappa shape index (κ1) is 11.1. The van der Waals surface area contributed by atoms with Crippen molar-refractivity contribution < 1.29 is 9.53 Å². The maximum Gasteiger partial charge on any atom is 0.163 e. The summed E-state index contributed by atoms with van der Waals surface area (Å²) in [6, 6.07) is 0.394. The Morgan fingerprint density at radius 2 is 2.33 bits per heavy atom. The van der Waals surface area contributed by atoms with Gasteiger partial charge in [0.1, 0.15) is 6.10 Å². The van der Waals surface area contributed by atoms with E-state index in [9.17, 15) is 4.79 Å². The van der Waals surface area contributed by atoms with Crippen LogP contribution in [0.4, 0.5) is 0 Å². The Morgan fingerprint density at radius 1 is 1.47 bits per heavy atom. The van der Waals surface area contributed by atoms with E-state index >= 15 is 0 Å². The van der Waals surface area contributed by atoms with E-state index in [1.54, 1.807) is 0 Å². The van der Waals surface area contributed by atoms with Gasteiger partial charge in [0.2, 0.25) is 0 Å². The third-order valence-electron chi connectivity index (χ3n) is 3.49. The molecule has 0 amide bonds. The molecule has 0 aromatic carbocycles. The van der Waals surface area contributed by atoms with Crippen molar-refractivity contribution in [2.24, 2.45) is 5.92 Å². The quantitative estimate of drug-likeness (QED) is 0.769. The summed E-state index contributed by atoms with van der Waals surface area (Å²) in [4.78, 5) is 11.9. The van der Waals surface area contributed by atoms with Gasteiger partial charge in [-0.15, -0.1) is 0 Å². The van der Waals surface area contributed by atoms with Crippen molar-refractivity contribution in [3.63, 3.8) is 0 Å². The van der Waals surface area contributed by atoms with E-state index in [0.717, 1.165) is 38.3 Å². The maximum absolute atomic E-state index is 11.9. The number of nitrogens with one attached hydrogen (secondary N) is 1. The van der Waals surface area contributed by atoms with Crippen LogP contribution in [0.25, 0.3) is 0 Å². The Hall–Kier alpha value is -0.410. The second-order valence-corrected chi connectivity index (χ2v) is 4.95. The summed E-state index contributed by atoms with van der Waals surface area (Å²) >= 11 is 0. The number of hydrogen-bond acceptors (Lipinski definition) is 3. The molecule has 0 saturated carbocycles. The van der Waals surface area contributed by atoms with Crippen molar-refractivity contribution in [2.45, 2.75) is 51.2 Å². The van der Waals surface area contributed by atoms with E-state index in [-0.39, 0.29) is 6.10 Å². The number of ketones is 1. The van der Waals surface area contributed by atoms with Crippen LogP contribution in [0.5, 0.6) is 0 Å². The van der Waals surface area contributed by atoms with Gasteiger partial charge in [0, 0.05) is 19.1 Å². The number of carbonyl (C=O) groups is 1. The van der Waals surface area contributed by atoms with Gasteiger partial charge in [-0.05, 0) is 38.1 Å². The fourth-order valence-corrected chi connectivity index (χ4v) is 2.58. The molecule has 15 heavy (non-hydrogen) atoms. The Balaban J connectivity index is 1.77. The number of ether oxygens (including phenoxy) is 1. The van der Waals surface area contributed by atoms with Crippen LogP contribution in [0.3, 0.4) is 0 Å². The van der Waals surface area contributed by atoms with Crippen molar-refractivity contribution in [1.29, 1.82) is 0 Å². The number of rotatable bonds is 3. The van der Waals surface area contributed by atoms with E-state index in [0.29, 0.717) is 18.2 Å². The van der Waals surface area contributed by atoms with Gasteiger partial charge in [0.05, 0.1) is 0 Å². The maximum atomic E-state index is 11.9. The molecule has 0 aromatic rings. The summed E-state index contributed by atoms with van der Waals surface area (Å²) in [5.74, 6) is 1.06. The number of piperidine rings is 1. The standard InChI is InChI=1S/C12H21NO2/c1-9-4-5-13-10(7-9)8-11(14)12-3-2-6-15-12/h9-10,12-13H,2-8H2,1H3. The molecule has 2 fully saturated rings. The molecule has 0 aromatic heterocycles. The van der Waals surface area contributed by atoms with Crippen LogP contribution < -0.4 is 5.32 Å². The lowest BCUT2D eigenvalue weighted by molar-refractivity contribution is -0.128. The molecule has 0 radical (unpaired) electrons. The SMILES string of the molecule is CC1CCNC(CC(=O)C2CCCO2)C1. The molecule has 0 aliphatic carbocycles. The summed E-state index contributed by atoms with van der Waals surface area (Å²) < 4.78 is 5.41. The van der Waals surface area contributed by atoms with E-state index in [1.807, 2.05) is 0 Å². The lowest BCUT2D eigenvalue weighted by atomic mass is 9.90. The first-order chi connectivity index (χ1) is 7.25. The first-order valence-electron chi connectivity index (χ1n) is 6.13. The summed E-state index contributed by atoms with van der Waals surface area (Å²) in [7, 11) is 0. The molecular weight excluding hydrogens is 190 g/mol. The lowest BCUT2D eigenvalue weighted by Gasteiger charge is -2.28. The number of carbonyl (C=O) groups excluding carboxylic acids is 1. The molecule has 86 valence electrons. The van der Waals surface area contributed by atoms with Crippen LogP contribution in [0.1, 0.15) is 39.0 Å². The molecule has 3 heteroatoms. The molecule has 2 aliphatic rings. The Kier molecular flexibility index (Phi) is 3.76. The normalized spacial score (nSPS) is 36.7. The van der Waals surface area contributed by atoms with Crippen LogP contribution in [0.15, 0.2) is 0 Å². The van der Waals surface area contributed by atoms with Gasteiger partial charge in [-0.3, -0.25) is 4.79 Å². The third-order valence-corrected chi connectivity index (χ3v) is 3.49. The van der Waals surface area contributed by atoms with E-state index < -0.39 is 0 Å². The van der Waals surface area contributed by atoms with E-state index in [2.05, 4.69) is 12.2 Å². The Labute approximate surface area is 91.6 Å². The molecule has 2 aliphatic heterocycles. The van der Waals surface area contributed by atoms with Gasteiger partial charge in [-0.25, -0.2) is 0 Å². The van der Waals surface area contributed by atoms with Crippen LogP contribution in [0.2, 0.25) is 0 Å². The minimum absolute atomic E-state index is 0.0935. The highest BCUT2D eigenvalue weighted by molar-refractivity contribution is 5.83. The smallest absolute Gasteiger partial charge is 0.163 e. The molecule has 3 atom stereocenters. The van der Waals surface area contributed by atoms with Crippen molar-refractivity contribution in [3.8, 4) is 0 Å². The molecule has 2 rings (SSSR count). The zero-order chi connectivity index (χ0) is 10.7. The van der Waals surface area contributed by atoms with Gasteiger partial charge in [0.15, 0.2) is 5.78 Å². The average Bonchev–Trinajstić information content (AvgIpc) is 2.70. The van der Waals surface area contributed by atoms with Gasteiger partial charge in [-0.1, -0.05) is 6.92 Å². The largest absolute Gasteiger partial charge is 0.370 e. The van der Waals surface area contributed by atoms with Crippen LogP contribution >= 0.6 is 0 Å². The van der Waals surface area contributed by atoms with E-state index in [1.165, 1.54) is 6.42 Å². The third kappa shape index (κ3) is 3.02. The summed E-state index contributed by atoms with van der Waals surface area (Å²) in [5.41, 5.74) is 0. The second-order valence-electron chi connectivity index (χ2n) is 4.95. The van der Waals surface area contributed by atoms with Crippen molar-refractivity contribution >= 4 is 5.78 Å². The molecule has 3 unspecified atom stereocenters. The molecule has 2 saturated heterocycles. The fraction of sp³-hybridized carbons (Fsp3) is 0.917. The monoisotopic (exact) mass is 211 g/mol. The van der Waals surface area contributed by atoms with Crippen molar-refractivity contribution in [1.82, 2.24) is 5.32 Å². The molecule has 3 nitrogen and oxygen atoms in total. The van der Waals surface area contributed by atoms with Crippen molar-refractivity contribution in [2.75, 3.05) is 13.2 Å². The van der Waals surface area contributed by atoms with Crippen LogP contribution in [0, 0.1) is 5.92 Å². The topological polar surface area (TPSA) is 38.3 Å².